The summed E-state index contributed by atoms with van der Waals surface area (Å²) in [5.74, 6) is -1.67. The molecular formula is C30H44N2O5. The van der Waals surface area contributed by atoms with Gasteiger partial charge in [0.1, 0.15) is 6.61 Å². The molecule has 2 amide bonds. The molecule has 7 heteroatoms. The smallest absolute Gasteiger partial charge is 0.309 e. The first-order valence-electron chi connectivity index (χ1n) is 13.2. The number of carbonyl (C=O) groups is 3. The molecule has 0 bridgehead atoms. The maximum absolute atomic E-state index is 13.3. The fourth-order valence-corrected chi connectivity index (χ4v) is 4.61. The number of carbonyl (C=O) groups excluding carboxylic acids is 3. The van der Waals surface area contributed by atoms with E-state index in [0.29, 0.717) is 25.8 Å². The van der Waals surface area contributed by atoms with E-state index in [-0.39, 0.29) is 54.8 Å². The molecule has 0 aliphatic carbocycles. The molecule has 0 spiro atoms. The van der Waals surface area contributed by atoms with Crippen molar-refractivity contribution in [2.24, 2.45) is 17.3 Å². The Kier molecular flexibility index (Phi) is 12.1. The summed E-state index contributed by atoms with van der Waals surface area (Å²) >= 11 is 0. The predicted molar refractivity (Wildman–Crippen MR) is 146 cm³/mol. The molecule has 1 fully saturated rings. The third-order valence-corrected chi connectivity index (χ3v) is 7.01. The minimum atomic E-state index is -0.586. The number of rotatable bonds is 14. The summed E-state index contributed by atoms with van der Waals surface area (Å²) < 4.78 is 5.72. The molecule has 0 radical (unpaired) electrons. The Hall–Kier alpha value is -2.93. The van der Waals surface area contributed by atoms with Crippen molar-refractivity contribution in [3.05, 3.63) is 61.2 Å². The lowest BCUT2D eigenvalue weighted by Crippen LogP contribution is -2.50. The molecule has 1 aromatic rings. The van der Waals surface area contributed by atoms with Crippen molar-refractivity contribution in [3.8, 4) is 0 Å². The average Bonchev–Trinajstić information content (AvgIpc) is 3.35. The summed E-state index contributed by atoms with van der Waals surface area (Å²) in [4.78, 5) is 40.8. The summed E-state index contributed by atoms with van der Waals surface area (Å²) in [7, 11) is 0. The van der Waals surface area contributed by atoms with Gasteiger partial charge in [-0.15, -0.1) is 13.2 Å². The molecule has 1 aliphatic heterocycles. The van der Waals surface area contributed by atoms with Crippen molar-refractivity contribution in [3.63, 3.8) is 0 Å². The number of aliphatic hydroxyl groups is 1. The van der Waals surface area contributed by atoms with Crippen LogP contribution in [0, 0.1) is 17.3 Å². The first kappa shape index (κ1) is 30.3. The third-order valence-electron chi connectivity index (χ3n) is 7.01. The van der Waals surface area contributed by atoms with Crippen LogP contribution >= 0.6 is 0 Å². The van der Waals surface area contributed by atoms with Gasteiger partial charge in [0.15, 0.2) is 0 Å². The minimum Gasteiger partial charge on any atom is -0.463 e. The summed E-state index contributed by atoms with van der Waals surface area (Å²) in [5.41, 5.74) is 0.661. The highest BCUT2D eigenvalue weighted by Gasteiger charge is 2.34. The average molecular weight is 513 g/mol. The van der Waals surface area contributed by atoms with Crippen LogP contribution in [0.2, 0.25) is 0 Å². The van der Waals surface area contributed by atoms with E-state index in [1.165, 1.54) is 0 Å². The number of likely N-dealkylation sites (tertiary alicyclic amines) is 1. The summed E-state index contributed by atoms with van der Waals surface area (Å²) in [6, 6.07) is 9.15. The van der Waals surface area contributed by atoms with Gasteiger partial charge in [-0.05, 0) is 43.1 Å². The van der Waals surface area contributed by atoms with E-state index in [1.807, 2.05) is 51.1 Å². The van der Waals surface area contributed by atoms with Crippen LogP contribution in [0.1, 0.15) is 58.4 Å². The highest BCUT2D eigenvalue weighted by Crippen LogP contribution is 2.24. The van der Waals surface area contributed by atoms with Crippen LogP contribution in [-0.2, 0) is 25.5 Å². The highest BCUT2D eigenvalue weighted by molar-refractivity contribution is 5.86. The molecule has 1 aromatic carbocycles. The van der Waals surface area contributed by atoms with Crippen LogP contribution in [0.15, 0.2) is 55.6 Å². The Labute approximate surface area is 222 Å². The quantitative estimate of drug-likeness (QED) is 0.290. The zero-order chi connectivity index (χ0) is 27.4. The van der Waals surface area contributed by atoms with Crippen molar-refractivity contribution >= 4 is 17.8 Å². The largest absolute Gasteiger partial charge is 0.463 e. The van der Waals surface area contributed by atoms with Gasteiger partial charge in [0.2, 0.25) is 11.8 Å². The van der Waals surface area contributed by atoms with Gasteiger partial charge in [-0.3, -0.25) is 14.4 Å². The lowest BCUT2D eigenvalue weighted by molar-refractivity contribution is -0.151. The van der Waals surface area contributed by atoms with Crippen molar-refractivity contribution in [1.82, 2.24) is 10.2 Å². The van der Waals surface area contributed by atoms with E-state index in [0.717, 1.165) is 18.4 Å². The Morgan fingerprint density at radius 3 is 2.38 bits per heavy atom. The van der Waals surface area contributed by atoms with E-state index >= 15 is 0 Å². The Morgan fingerprint density at radius 2 is 1.78 bits per heavy atom. The topological polar surface area (TPSA) is 95.9 Å². The first-order valence-corrected chi connectivity index (χ1v) is 13.2. The van der Waals surface area contributed by atoms with Crippen molar-refractivity contribution in [1.29, 1.82) is 0 Å². The van der Waals surface area contributed by atoms with Crippen molar-refractivity contribution in [2.45, 2.75) is 71.4 Å². The number of hydrogen-bond donors (Lipinski definition) is 2. The van der Waals surface area contributed by atoms with E-state index in [1.54, 1.807) is 17.1 Å². The number of esters is 1. The van der Waals surface area contributed by atoms with Crippen molar-refractivity contribution < 1.29 is 24.2 Å². The van der Waals surface area contributed by atoms with E-state index in [4.69, 9.17) is 4.74 Å². The maximum Gasteiger partial charge on any atom is 0.309 e. The van der Waals surface area contributed by atoms with Crippen LogP contribution in [0.25, 0.3) is 0 Å². The summed E-state index contributed by atoms with van der Waals surface area (Å²) in [5, 5.41) is 12.6. The van der Waals surface area contributed by atoms with Crippen LogP contribution in [-0.4, -0.2) is 59.6 Å². The number of aliphatic hydroxyl groups excluding tert-OH is 1. The molecule has 2 rings (SSSR count). The van der Waals surface area contributed by atoms with Gasteiger partial charge in [0, 0.05) is 13.0 Å². The van der Waals surface area contributed by atoms with Gasteiger partial charge in [0.05, 0.1) is 30.5 Å². The van der Waals surface area contributed by atoms with Crippen LogP contribution < -0.4 is 5.32 Å². The Morgan fingerprint density at radius 1 is 1.14 bits per heavy atom. The van der Waals surface area contributed by atoms with Gasteiger partial charge >= 0.3 is 5.97 Å². The summed E-state index contributed by atoms with van der Waals surface area (Å²) in [6.07, 6.45) is 6.42. The van der Waals surface area contributed by atoms with Crippen LogP contribution in [0.5, 0.6) is 0 Å². The SMILES string of the molecule is C=CC[C@@H](CC(=O)N1CCC[C@H]1CO)C(=O)N[C@H](COC(=O)[C@H](CC=C)Cc1ccccc1)C(C)(C)C. The monoisotopic (exact) mass is 512 g/mol. The number of allylic oxidation sites excluding steroid dienone is 2. The van der Waals surface area contributed by atoms with Gasteiger partial charge in [-0.25, -0.2) is 0 Å². The molecule has 0 saturated carbocycles. The highest BCUT2D eigenvalue weighted by atomic mass is 16.5. The van der Waals surface area contributed by atoms with Gasteiger partial charge in [-0.2, -0.15) is 0 Å². The fourth-order valence-electron chi connectivity index (χ4n) is 4.61. The number of nitrogens with one attached hydrogen (secondary N) is 1. The second kappa shape index (κ2) is 14.7. The molecular weight excluding hydrogens is 468 g/mol. The van der Waals surface area contributed by atoms with E-state index < -0.39 is 12.0 Å². The van der Waals surface area contributed by atoms with Crippen LogP contribution in [0.4, 0.5) is 0 Å². The predicted octanol–water partition coefficient (Wildman–Crippen LogP) is 4.06. The fraction of sp³-hybridized carbons (Fsp3) is 0.567. The second-order valence-electron chi connectivity index (χ2n) is 11.0. The number of nitrogens with zero attached hydrogens (tertiary/aromatic N) is 1. The number of hydrogen-bond acceptors (Lipinski definition) is 5. The minimum absolute atomic E-state index is 0.0317. The van der Waals surface area contributed by atoms with Gasteiger partial charge in [-0.1, -0.05) is 63.3 Å². The van der Waals surface area contributed by atoms with Gasteiger partial charge < -0.3 is 20.1 Å². The standard InChI is InChI=1S/C30H44N2O5/c1-6-12-23(19-27(34)32-17-11-16-25(32)20-33)28(35)31-26(30(3,4)5)21-37-29(36)24(13-7-2)18-22-14-9-8-10-15-22/h6-10,14-15,23-26,33H,1-2,11-13,16-21H2,3-5H3,(H,31,35)/t23-,24+,25-,26+/m0/s1. The van der Waals surface area contributed by atoms with E-state index in [2.05, 4.69) is 18.5 Å². The number of amides is 2. The lowest BCUT2D eigenvalue weighted by Gasteiger charge is -2.33. The zero-order valence-corrected chi connectivity index (χ0v) is 22.7. The van der Waals surface area contributed by atoms with Crippen molar-refractivity contribution in [2.75, 3.05) is 19.8 Å². The zero-order valence-electron chi connectivity index (χ0n) is 22.7. The molecule has 37 heavy (non-hydrogen) atoms. The maximum atomic E-state index is 13.3. The molecule has 204 valence electrons. The molecule has 1 heterocycles. The molecule has 0 aromatic heterocycles. The molecule has 1 aliphatic rings. The number of benzene rings is 1. The molecule has 7 nitrogen and oxygen atoms in total. The Balaban J connectivity index is 2.04. The molecule has 2 N–H and O–H groups in total. The first-order chi connectivity index (χ1) is 17.6. The molecule has 0 unspecified atom stereocenters. The third kappa shape index (κ3) is 9.47. The lowest BCUT2D eigenvalue weighted by atomic mass is 9.86. The van der Waals surface area contributed by atoms with Crippen LogP contribution in [0.3, 0.4) is 0 Å². The molecule has 1 saturated heterocycles. The molecule has 4 atom stereocenters. The summed E-state index contributed by atoms with van der Waals surface area (Å²) in [6.45, 7) is 14.0. The number of ether oxygens (including phenoxy) is 1. The Bertz CT molecular complexity index is 908. The van der Waals surface area contributed by atoms with E-state index in [9.17, 15) is 19.5 Å². The normalized spacial score (nSPS) is 17.9. The van der Waals surface area contributed by atoms with Gasteiger partial charge in [0.25, 0.3) is 0 Å². The second-order valence-corrected chi connectivity index (χ2v) is 11.0.